The van der Waals surface area contributed by atoms with Gasteiger partial charge in [0, 0.05) is 11.0 Å². The average molecular weight is 477 g/mol. The Kier molecular flexibility index (Phi) is 6.67. The number of hydrogen-bond acceptors (Lipinski definition) is 6. The Morgan fingerprint density at radius 2 is 1.61 bits per heavy atom. The van der Waals surface area contributed by atoms with E-state index in [9.17, 15) is 19.7 Å². The molecule has 0 unspecified atom stereocenters. The fraction of sp³-hybridized carbons (Fsp3) is 0.120. The minimum absolute atomic E-state index is 0.0480. The summed E-state index contributed by atoms with van der Waals surface area (Å²) in [6.45, 7) is 4.14. The van der Waals surface area contributed by atoms with Crippen molar-refractivity contribution in [2.24, 2.45) is 0 Å². The lowest BCUT2D eigenvalue weighted by Gasteiger charge is -2.12. The van der Waals surface area contributed by atoms with E-state index >= 15 is 0 Å². The molecular formula is C25H20N2O4S2. The molecule has 0 spiro atoms. The summed E-state index contributed by atoms with van der Waals surface area (Å²) >= 11 is 2.15. The molecule has 0 bridgehead atoms. The van der Waals surface area contributed by atoms with E-state index in [1.807, 2.05) is 62.4 Å². The van der Waals surface area contributed by atoms with Gasteiger partial charge >= 0.3 is 0 Å². The van der Waals surface area contributed by atoms with E-state index in [4.69, 9.17) is 0 Å². The van der Waals surface area contributed by atoms with Gasteiger partial charge in [-0.25, -0.2) is 0 Å². The monoisotopic (exact) mass is 476 g/mol. The Bertz CT molecular complexity index is 1270. The summed E-state index contributed by atoms with van der Waals surface area (Å²) in [5.41, 5.74) is 3.51. The van der Waals surface area contributed by atoms with Crippen molar-refractivity contribution < 1.29 is 14.5 Å². The van der Waals surface area contributed by atoms with Gasteiger partial charge < -0.3 is 0 Å². The van der Waals surface area contributed by atoms with Gasteiger partial charge in [0.1, 0.15) is 0 Å². The summed E-state index contributed by atoms with van der Waals surface area (Å²) in [6.07, 6.45) is 1.54. The third kappa shape index (κ3) is 5.35. The minimum atomic E-state index is -0.434. The molecule has 2 amide bonds. The van der Waals surface area contributed by atoms with E-state index in [0.717, 1.165) is 33.3 Å². The summed E-state index contributed by atoms with van der Waals surface area (Å²) < 4.78 is 0. The number of thioether (sulfide) groups is 1. The van der Waals surface area contributed by atoms with Gasteiger partial charge in [-0.1, -0.05) is 65.4 Å². The van der Waals surface area contributed by atoms with E-state index < -0.39 is 10.8 Å². The molecule has 166 valence electrons. The Labute approximate surface area is 199 Å². The van der Waals surface area contributed by atoms with Gasteiger partial charge in [-0.15, -0.1) is 0 Å². The van der Waals surface area contributed by atoms with Crippen molar-refractivity contribution in [3.8, 4) is 0 Å². The van der Waals surface area contributed by atoms with Gasteiger partial charge in [0.25, 0.3) is 16.8 Å². The molecule has 1 fully saturated rings. The van der Waals surface area contributed by atoms with Crippen molar-refractivity contribution in [3.63, 3.8) is 0 Å². The highest BCUT2D eigenvalue weighted by molar-refractivity contribution is 8.18. The average Bonchev–Trinajstić information content (AvgIpc) is 3.05. The molecule has 4 rings (SSSR count). The number of rotatable bonds is 6. The van der Waals surface area contributed by atoms with Crippen LogP contribution < -0.4 is 0 Å². The molecule has 1 heterocycles. The molecule has 6 nitrogen and oxygen atoms in total. The summed E-state index contributed by atoms with van der Waals surface area (Å²) in [5.74, 6) is -0.397. The van der Waals surface area contributed by atoms with Crippen LogP contribution >= 0.6 is 23.5 Å². The molecule has 1 aliphatic rings. The van der Waals surface area contributed by atoms with E-state index in [0.29, 0.717) is 10.5 Å². The van der Waals surface area contributed by atoms with Crippen LogP contribution in [0.25, 0.3) is 6.08 Å². The topological polar surface area (TPSA) is 80.5 Å². The molecule has 0 aromatic heterocycles. The number of nitrogens with zero attached hydrogens (tertiary/aromatic N) is 2. The fourth-order valence-corrected chi connectivity index (χ4v) is 4.99. The predicted molar refractivity (Wildman–Crippen MR) is 131 cm³/mol. The van der Waals surface area contributed by atoms with Crippen molar-refractivity contribution in [2.45, 2.75) is 30.2 Å². The maximum atomic E-state index is 12.8. The van der Waals surface area contributed by atoms with E-state index in [1.54, 1.807) is 12.1 Å². The highest BCUT2D eigenvalue weighted by Gasteiger charge is 2.35. The highest BCUT2D eigenvalue weighted by atomic mass is 32.2. The lowest BCUT2D eigenvalue weighted by molar-refractivity contribution is -0.387. The van der Waals surface area contributed by atoms with Crippen molar-refractivity contribution in [1.29, 1.82) is 0 Å². The molecule has 8 heteroatoms. The minimum Gasteiger partial charge on any atom is -0.268 e. The molecule has 3 aromatic carbocycles. The van der Waals surface area contributed by atoms with Crippen molar-refractivity contribution in [2.75, 3.05) is 0 Å². The van der Waals surface area contributed by atoms with E-state index in [2.05, 4.69) is 0 Å². The first-order valence-corrected chi connectivity index (χ1v) is 11.8. The molecule has 33 heavy (non-hydrogen) atoms. The molecule has 0 atom stereocenters. The number of amides is 2. The second-order valence-corrected chi connectivity index (χ2v) is 9.76. The standard InChI is InChI=1S/C25H20N2O4S2/c1-16-3-7-18(8-4-16)15-26-24(28)23(33-25(26)29)14-19-9-12-22(21(13-19)27(30)31)32-20-10-5-17(2)6-11-20/h3-14H,15H2,1-2H3/b23-14-. The maximum absolute atomic E-state index is 12.8. The third-order valence-electron chi connectivity index (χ3n) is 5.06. The number of hydrogen-bond donors (Lipinski definition) is 0. The van der Waals surface area contributed by atoms with Crippen LogP contribution in [0.4, 0.5) is 10.5 Å². The molecule has 1 aliphatic heterocycles. The summed E-state index contributed by atoms with van der Waals surface area (Å²) in [4.78, 5) is 39.4. The lowest BCUT2D eigenvalue weighted by atomic mass is 10.1. The zero-order valence-corrected chi connectivity index (χ0v) is 19.6. The first-order valence-electron chi connectivity index (χ1n) is 10.1. The molecule has 0 saturated carbocycles. The van der Waals surface area contributed by atoms with Gasteiger partial charge in [0.15, 0.2) is 0 Å². The zero-order chi connectivity index (χ0) is 23.5. The van der Waals surface area contributed by atoms with Gasteiger partial charge in [-0.3, -0.25) is 24.6 Å². The summed E-state index contributed by atoms with van der Waals surface area (Å²) in [5, 5.41) is 11.3. The first kappa shape index (κ1) is 22.8. The van der Waals surface area contributed by atoms with Crippen LogP contribution in [0.3, 0.4) is 0 Å². The van der Waals surface area contributed by atoms with Crippen LogP contribution in [0.15, 0.2) is 81.4 Å². The number of carbonyl (C=O) groups is 2. The van der Waals surface area contributed by atoms with E-state index in [1.165, 1.54) is 28.8 Å². The third-order valence-corrected chi connectivity index (χ3v) is 7.04. The van der Waals surface area contributed by atoms with Gasteiger partial charge in [-0.2, -0.15) is 0 Å². The number of nitro groups is 1. The Morgan fingerprint density at radius 1 is 0.970 bits per heavy atom. The lowest BCUT2D eigenvalue weighted by Crippen LogP contribution is -2.27. The zero-order valence-electron chi connectivity index (χ0n) is 18.0. The number of aryl methyl sites for hydroxylation is 2. The maximum Gasteiger partial charge on any atom is 0.293 e. The van der Waals surface area contributed by atoms with Crippen LogP contribution in [-0.2, 0) is 11.3 Å². The van der Waals surface area contributed by atoms with Crippen molar-refractivity contribution in [3.05, 3.63) is 104 Å². The second kappa shape index (κ2) is 9.64. The SMILES string of the molecule is Cc1ccc(CN2C(=O)S/C(=C\c3ccc(Sc4ccc(C)cc4)c([N+](=O)[O-])c3)C2=O)cc1. The second-order valence-electron chi connectivity index (χ2n) is 7.65. The van der Waals surface area contributed by atoms with E-state index in [-0.39, 0.29) is 22.4 Å². The molecular weight excluding hydrogens is 456 g/mol. The van der Waals surface area contributed by atoms with Crippen molar-refractivity contribution >= 4 is 46.4 Å². The molecule has 3 aromatic rings. The smallest absolute Gasteiger partial charge is 0.268 e. The number of benzene rings is 3. The number of nitro benzene ring substituents is 1. The first-order chi connectivity index (χ1) is 15.8. The van der Waals surface area contributed by atoms with Gasteiger partial charge in [0.2, 0.25) is 0 Å². The molecule has 0 aliphatic carbocycles. The van der Waals surface area contributed by atoms with Crippen LogP contribution in [0, 0.1) is 24.0 Å². The molecule has 0 N–H and O–H groups in total. The highest BCUT2D eigenvalue weighted by Crippen LogP contribution is 2.37. The predicted octanol–water partition coefficient (Wildman–Crippen LogP) is 6.60. The Balaban J connectivity index is 1.56. The quantitative estimate of drug-likeness (QED) is 0.227. The Hall–Kier alpha value is -3.36. The summed E-state index contributed by atoms with van der Waals surface area (Å²) in [7, 11) is 0. The van der Waals surface area contributed by atoms with Crippen molar-refractivity contribution in [1.82, 2.24) is 4.90 Å². The molecule has 1 saturated heterocycles. The number of imide groups is 1. The van der Waals surface area contributed by atoms with Gasteiger partial charge in [0.05, 0.1) is 21.3 Å². The van der Waals surface area contributed by atoms with Crippen LogP contribution in [0.1, 0.15) is 22.3 Å². The van der Waals surface area contributed by atoms with Crippen LogP contribution in [0.5, 0.6) is 0 Å². The van der Waals surface area contributed by atoms with Crippen LogP contribution in [0.2, 0.25) is 0 Å². The number of carbonyl (C=O) groups excluding carboxylic acids is 2. The largest absolute Gasteiger partial charge is 0.293 e. The Morgan fingerprint density at radius 3 is 2.24 bits per heavy atom. The normalized spacial score (nSPS) is 14.8. The molecule has 0 radical (unpaired) electrons. The summed E-state index contributed by atoms with van der Waals surface area (Å²) in [6, 6.07) is 20.2. The van der Waals surface area contributed by atoms with Gasteiger partial charge in [-0.05, 0) is 61.0 Å². The van der Waals surface area contributed by atoms with Crippen LogP contribution in [-0.4, -0.2) is 21.0 Å². The fourth-order valence-electron chi connectivity index (χ4n) is 3.25.